The van der Waals surface area contributed by atoms with Crippen LogP contribution in [-0.2, 0) is 6.42 Å². The molecule has 3 heteroatoms. The van der Waals surface area contributed by atoms with E-state index in [2.05, 4.69) is 59.9 Å². The first-order valence-corrected chi connectivity index (χ1v) is 7.12. The van der Waals surface area contributed by atoms with Gasteiger partial charge in [-0.05, 0) is 36.6 Å². The second kappa shape index (κ2) is 7.02. The number of alkyl halides is 1. The monoisotopic (exact) mass is 299 g/mol. The number of hydrogen-bond acceptors (Lipinski definition) is 2. The first-order valence-electron chi connectivity index (χ1n) is 5.99. The number of nitrogens with zero attached hydrogens (tertiary/aromatic N) is 1. The van der Waals surface area contributed by atoms with Crippen LogP contribution in [0.15, 0.2) is 18.2 Å². The Morgan fingerprint density at radius 3 is 2.59 bits per heavy atom. The molecule has 0 aliphatic heterocycles. The summed E-state index contributed by atoms with van der Waals surface area (Å²) in [5.41, 5.74) is 3.58. The van der Waals surface area contributed by atoms with Crippen molar-refractivity contribution in [3.05, 3.63) is 29.3 Å². The van der Waals surface area contributed by atoms with Crippen molar-refractivity contribution in [3.8, 4) is 5.75 Å². The molecule has 0 saturated carbocycles. The average molecular weight is 300 g/mol. The van der Waals surface area contributed by atoms with E-state index in [0.717, 1.165) is 24.2 Å². The van der Waals surface area contributed by atoms with E-state index in [9.17, 15) is 0 Å². The number of hydrogen-bond donors (Lipinski definition) is 0. The zero-order valence-corrected chi connectivity index (χ0v) is 12.8. The van der Waals surface area contributed by atoms with Crippen molar-refractivity contribution in [2.24, 2.45) is 0 Å². The molecule has 0 saturated heterocycles. The van der Waals surface area contributed by atoms with Crippen molar-refractivity contribution < 1.29 is 4.74 Å². The highest BCUT2D eigenvalue weighted by atomic mass is 79.9. The van der Waals surface area contributed by atoms with E-state index >= 15 is 0 Å². The van der Waals surface area contributed by atoms with Crippen LogP contribution in [0.3, 0.4) is 0 Å². The molecule has 0 spiro atoms. The maximum atomic E-state index is 5.42. The predicted molar refractivity (Wildman–Crippen MR) is 77.2 cm³/mol. The van der Waals surface area contributed by atoms with Crippen LogP contribution in [0, 0.1) is 0 Å². The van der Waals surface area contributed by atoms with Gasteiger partial charge < -0.3 is 4.74 Å². The third kappa shape index (κ3) is 4.32. The fourth-order valence-electron chi connectivity index (χ4n) is 1.72. The summed E-state index contributed by atoms with van der Waals surface area (Å²) in [5.74, 6) is 1.56. The number of benzene rings is 1. The molecule has 0 aromatic heterocycles. The first kappa shape index (κ1) is 14.5. The molecule has 1 rings (SSSR count). The molecule has 0 atom stereocenters. The van der Waals surface area contributed by atoms with Gasteiger partial charge in [-0.3, -0.25) is 4.90 Å². The lowest BCUT2D eigenvalue weighted by molar-refractivity contribution is 0.385. The number of ether oxygens (including phenoxy) is 1. The minimum Gasteiger partial charge on any atom is -0.496 e. The highest BCUT2D eigenvalue weighted by Crippen LogP contribution is 2.24. The van der Waals surface area contributed by atoms with Gasteiger partial charge in [0.2, 0.25) is 0 Å². The van der Waals surface area contributed by atoms with Gasteiger partial charge in [0.1, 0.15) is 5.75 Å². The molecule has 0 unspecified atom stereocenters. The maximum absolute atomic E-state index is 5.42. The molecule has 1 aromatic carbocycles. The summed E-state index contributed by atoms with van der Waals surface area (Å²) in [6, 6.07) is 6.51. The fourth-order valence-corrected chi connectivity index (χ4v) is 1.97. The molecular formula is C14H22BrNO. The van der Waals surface area contributed by atoms with Crippen LogP contribution in [0.4, 0.5) is 0 Å². The van der Waals surface area contributed by atoms with Gasteiger partial charge in [-0.25, -0.2) is 0 Å². The summed E-state index contributed by atoms with van der Waals surface area (Å²) in [5, 5.41) is 0. The minimum absolute atomic E-state index is 0.563. The van der Waals surface area contributed by atoms with Crippen LogP contribution < -0.4 is 4.74 Å². The summed E-state index contributed by atoms with van der Waals surface area (Å²) < 4.78 is 5.42. The van der Waals surface area contributed by atoms with Crippen molar-refractivity contribution >= 4 is 15.9 Å². The Morgan fingerprint density at radius 2 is 2.06 bits per heavy atom. The number of halogens is 1. The Labute approximate surface area is 113 Å². The van der Waals surface area contributed by atoms with E-state index in [0.29, 0.717) is 5.92 Å². The highest BCUT2D eigenvalue weighted by Gasteiger charge is 2.07. The van der Waals surface area contributed by atoms with Gasteiger partial charge in [-0.2, -0.15) is 0 Å². The lowest BCUT2D eigenvalue weighted by Gasteiger charge is -2.16. The average Bonchev–Trinajstić information content (AvgIpc) is 2.35. The topological polar surface area (TPSA) is 12.5 Å². The molecule has 0 N–H and O–H groups in total. The molecule has 0 heterocycles. The Kier molecular flexibility index (Phi) is 6.00. The van der Waals surface area contributed by atoms with Crippen molar-refractivity contribution in [2.75, 3.05) is 26.2 Å². The van der Waals surface area contributed by atoms with Crippen LogP contribution in [0.2, 0.25) is 0 Å². The van der Waals surface area contributed by atoms with Crippen LogP contribution in [0.5, 0.6) is 5.75 Å². The fraction of sp³-hybridized carbons (Fsp3) is 0.571. The van der Waals surface area contributed by atoms with E-state index < -0.39 is 0 Å². The van der Waals surface area contributed by atoms with Gasteiger partial charge in [0, 0.05) is 6.54 Å². The molecule has 0 fully saturated rings. The quantitative estimate of drug-likeness (QED) is 0.587. The molecule has 0 bridgehead atoms. The second-order valence-corrected chi connectivity index (χ2v) is 5.18. The zero-order chi connectivity index (χ0) is 12.8. The minimum atomic E-state index is 0.563. The van der Waals surface area contributed by atoms with E-state index in [1.807, 2.05) is 0 Å². The first-order chi connectivity index (χ1) is 8.08. The van der Waals surface area contributed by atoms with Gasteiger partial charge in [0.05, 0.1) is 12.6 Å². The van der Waals surface area contributed by atoms with Gasteiger partial charge >= 0.3 is 0 Å². The Hall–Kier alpha value is -0.540. The van der Waals surface area contributed by atoms with Gasteiger partial charge in [-0.15, -0.1) is 0 Å². The van der Waals surface area contributed by atoms with Crippen molar-refractivity contribution in [3.63, 3.8) is 0 Å². The number of methoxy groups -OCH3 is 1. The lowest BCUT2D eigenvalue weighted by Crippen LogP contribution is -2.19. The highest BCUT2D eigenvalue weighted by molar-refractivity contribution is 9.09. The Morgan fingerprint density at radius 1 is 1.35 bits per heavy atom. The second-order valence-electron chi connectivity index (χ2n) is 4.68. The third-order valence-electron chi connectivity index (χ3n) is 2.94. The smallest absolute Gasteiger partial charge is 0.122 e. The summed E-state index contributed by atoms with van der Waals surface area (Å²) in [7, 11) is 3.84. The number of rotatable bonds is 6. The molecular weight excluding hydrogens is 278 g/mol. The Bertz CT molecular complexity index is 352. The van der Waals surface area contributed by atoms with Crippen LogP contribution in [0.1, 0.15) is 30.9 Å². The largest absolute Gasteiger partial charge is 0.496 e. The normalized spacial score (nSPS) is 11.2. The molecule has 17 heavy (non-hydrogen) atoms. The summed E-state index contributed by atoms with van der Waals surface area (Å²) in [6.45, 7) is 5.47. The lowest BCUT2D eigenvalue weighted by atomic mass is 9.99. The standard InChI is InChI=1S/C14H22BrNO/c1-11(2)12-5-6-14(17-4)13(9-12)7-8-16(3)10-15/h5-6,9,11H,7-8,10H2,1-4H3. The molecule has 0 aliphatic rings. The molecule has 0 radical (unpaired) electrons. The molecule has 2 nitrogen and oxygen atoms in total. The van der Waals surface area contributed by atoms with Crippen molar-refractivity contribution in [1.82, 2.24) is 4.90 Å². The zero-order valence-electron chi connectivity index (χ0n) is 11.2. The van der Waals surface area contributed by atoms with E-state index in [4.69, 9.17) is 4.74 Å². The van der Waals surface area contributed by atoms with Gasteiger partial charge in [0.25, 0.3) is 0 Å². The van der Waals surface area contributed by atoms with Crippen LogP contribution in [0.25, 0.3) is 0 Å². The maximum Gasteiger partial charge on any atom is 0.122 e. The van der Waals surface area contributed by atoms with Crippen molar-refractivity contribution in [1.29, 1.82) is 0 Å². The number of likely N-dealkylation sites (N-methyl/N-ethyl adjacent to an activating group) is 1. The van der Waals surface area contributed by atoms with Crippen LogP contribution in [-0.4, -0.2) is 31.1 Å². The molecule has 1 aromatic rings. The molecule has 96 valence electrons. The summed E-state index contributed by atoms with van der Waals surface area (Å²) in [6.07, 6.45) is 1.02. The molecule has 0 amide bonds. The summed E-state index contributed by atoms with van der Waals surface area (Å²) >= 11 is 3.46. The summed E-state index contributed by atoms with van der Waals surface area (Å²) in [4.78, 5) is 2.24. The SMILES string of the molecule is COc1ccc(C(C)C)cc1CCN(C)CBr. The van der Waals surface area contributed by atoms with Crippen LogP contribution >= 0.6 is 15.9 Å². The van der Waals surface area contributed by atoms with Gasteiger partial charge in [-0.1, -0.05) is 41.9 Å². The van der Waals surface area contributed by atoms with E-state index in [1.165, 1.54) is 11.1 Å². The molecule has 0 aliphatic carbocycles. The van der Waals surface area contributed by atoms with E-state index in [-0.39, 0.29) is 0 Å². The van der Waals surface area contributed by atoms with E-state index in [1.54, 1.807) is 7.11 Å². The van der Waals surface area contributed by atoms with Crippen molar-refractivity contribution in [2.45, 2.75) is 26.2 Å². The van der Waals surface area contributed by atoms with Gasteiger partial charge in [0.15, 0.2) is 0 Å². The predicted octanol–water partition coefficient (Wildman–Crippen LogP) is 3.65. The third-order valence-corrected chi connectivity index (χ3v) is 3.79. The Balaban J connectivity index is 2.82.